The molecule has 130 valence electrons. The predicted octanol–water partition coefficient (Wildman–Crippen LogP) is 2.36. The van der Waals surface area contributed by atoms with Crippen molar-refractivity contribution >= 4 is 29.1 Å². The quantitative estimate of drug-likeness (QED) is 0.777. The zero-order valence-electron chi connectivity index (χ0n) is 13.9. The average molecular weight is 342 g/mol. The molecule has 1 aromatic carbocycles. The van der Waals surface area contributed by atoms with E-state index in [-0.39, 0.29) is 23.3 Å². The van der Waals surface area contributed by atoms with Gasteiger partial charge in [0.2, 0.25) is 5.91 Å². The highest BCUT2D eigenvalue weighted by Crippen LogP contribution is 2.30. The number of aromatic nitrogens is 2. The molecule has 0 saturated heterocycles. The molecule has 0 bridgehead atoms. The third kappa shape index (κ3) is 4.03. The second kappa shape index (κ2) is 7.16. The maximum Gasteiger partial charge on any atom is 0.360 e. The second-order valence-corrected chi connectivity index (χ2v) is 5.60. The first kappa shape index (κ1) is 16.7. The fourth-order valence-corrected chi connectivity index (χ4v) is 2.23. The first-order chi connectivity index (χ1) is 12.1. The summed E-state index contributed by atoms with van der Waals surface area (Å²) in [5.41, 5.74) is 1.09. The highest BCUT2D eigenvalue weighted by molar-refractivity contribution is 5.97. The van der Waals surface area contributed by atoms with Crippen molar-refractivity contribution in [2.75, 3.05) is 24.9 Å². The van der Waals surface area contributed by atoms with E-state index in [1.165, 1.54) is 7.11 Å². The van der Waals surface area contributed by atoms with Crippen LogP contribution in [0.3, 0.4) is 0 Å². The van der Waals surface area contributed by atoms with Gasteiger partial charge < -0.3 is 20.1 Å². The number of nitrogens with one attached hydrogen (secondary N) is 2. The Hall–Kier alpha value is -3.16. The normalized spacial score (nSPS) is 13.0. The molecule has 0 atom stereocenters. The molecule has 1 heterocycles. The van der Waals surface area contributed by atoms with Gasteiger partial charge in [0.25, 0.3) is 0 Å². The number of hydrogen-bond donors (Lipinski definition) is 2. The first-order valence-electron chi connectivity index (χ1n) is 7.78. The van der Waals surface area contributed by atoms with Crippen molar-refractivity contribution < 1.29 is 19.1 Å². The van der Waals surface area contributed by atoms with Crippen molar-refractivity contribution in [3.8, 4) is 5.75 Å². The smallest absolute Gasteiger partial charge is 0.360 e. The fourth-order valence-electron chi connectivity index (χ4n) is 2.23. The van der Waals surface area contributed by atoms with Gasteiger partial charge in [-0.1, -0.05) is 6.07 Å². The number of methoxy groups -OCH3 is 2. The molecule has 1 aliphatic rings. The summed E-state index contributed by atoms with van der Waals surface area (Å²) in [6.07, 6.45) is 1.77. The standard InChI is InChI=1S/C17H18N4O4/c1-24-12-5-3-4-11(8-12)18-13-9-14(19-16(22)10-6-7-10)20-21-15(13)17(23)25-2/h3-5,8-10H,6-7H2,1-2H3,(H2,18,19,20,22). The van der Waals surface area contributed by atoms with E-state index >= 15 is 0 Å². The summed E-state index contributed by atoms with van der Waals surface area (Å²) in [4.78, 5) is 23.8. The Morgan fingerprint density at radius 3 is 2.64 bits per heavy atom. The van der Waals surface area contributed by atoms with E-state index in [1.54, 1.807) is 25.3 Å². The van der Waals surface area contributed by atoms with Crippen LogP contribution in [0.4, 0.5) is 17.2 Å². The molecule has 3 rings (SSSR count). The molecule has 1 amide bonds. The lowest BCUT2D eigenvalue weighted by molar-refractivity contribution is -0.117. The van der Waals surface area contributed by atoms with Crippen molar-refractivity contribution in [3.63, 3.8) is 0 Å². The zero-order valence-corrected chi connectivity index (χ0v) is 13.9. The Morgan fingerprint density at radius 1 is 1.16 bits per heavy atom. The van der Waals surface area contributed by atoms with Gasteiger partial charge in [-0.25, -0.2) is 4.79 Å². The highest BCUT2D eigenvalue weighted by Gasteiger charge is 2.30. The fraction of sp³-hybridized carbons (Fsp3) is 0.294. The summed E-state index contributed by atoms with van der Waals surface area (Å²) in [6, 6.07) is 8.75. The Balaban J connectivity index is 1.89. The van der Waals surface area contributed by atoms with Gasteiger partial charge in [-0.05, 0) is 25.0 Å². The lowest BCUT2D eigenvalue weighted by Crippen LogP contribution is -2.17. The van der Waals surface area contributed by atoms with Crippen LogP contribution in [0.15, 0.2) is 30.3 Å². The van der Waals surface area contributed by atoms with Crippen LogP contribution in [0.2, 0.25) is 0 Å². The molecule has 1 aliphatic carbocycles. The number of anilines is 3. The highest BCUT2D eigenvalue weighted by atomic mass is 16.5. The molecule has 0 radical (unpaired) electrons. The maximum atomic E-state index is 11.9. The molecule has 25 heavy (non-hydrogen) atoms. The number of amides is 1. The number of rotatable bonds is 6. The number of carbonyl (C=O) groups is 2. The number of ether oxygens (including phenoxy) is 2. The molecule has 0 unspecified atom stereocenters. The van der Waals surface area contributed by atoms with Gasteiger partial charge >= 0.3 is 5.97 Å². The SMILES string of the molecule is COC(=O)c1nnc(NC(=O)C2CC2)cc1Nc1cccc(OC)c1. The Kier molecular flexibility index (Phi) is 4.78. The van der Waals surface area contributed by atoms with Crippen LogP contribution >= 0.6 is 0 Å². The minimum atomic E-state index is -0.627. The van der Waals surface area contributed by atoms with Gasteiger partial charge in [0.1, 0.15) is 5.75 Å². The third-order valence-electron chi connectivity index (χ3n) is 3.72. The van der Waals surface area contributed by atoms with Gasteiger partial charge in [-0.15, -0.1) is 10.2 Å². The summed E-state index contributed by atoms with van der Waals surface area (Å²) >= 11 is 0. The van der Waals surface area contributed by atoms with Crippen molar-refractivity contribution in [1.29, 1.82) is 0 Å². The van der Waals surface area contributed by atoms with Gasteiger partial charge in [0.05, 0.1) is 19.9 Å². The van der Waals surface area contributed by atoms with E-state index in [2.05, 4.69) is 20.8 Å². The largest absolute Gasteiger partial charge is 0.497 e. The van der Waals surface area contributed by atoms with E-state index in [4.69, 9.17) is 9.47 Å². The Bertz CT molecular complexity index is 805. The molecule has 0 spiro atoms. The van der Waals surface area contributed by atoms with Gasteiger partial charge in [0.15, 0.2) is 11.5 Å². The zero-order chi connectivity index (χ0) is 17.8. The molecule has 0 aliphatic heterocycles. The van der Waals surface area contributed by atoms with Crippen molar-refractivity contribution in [2.45, 2.75) is 12.8 Å². The molecule has 1 saturated carbocycles. The van der Waals surface area contributed by atoms with Crippen molar-refractivity contribution in [3.05, 3.63) is 36.0 Å². The molecule has 1 fully saturated rings. The Labute approximate surface area is 144 Å². The van der Waals surface area contributed by atoms with Gasteiger partial charge in [0, 0.05) is 23.7 Å². The van der Waals surface area contributed by atoms with Gasteiger partial charge in [-0.3, -0.25) is 4.79 Å². The van der Waals surface area contributed by atoms with Crippen LogP contribution in [0.5, 0.6) is 5.75 Å². The van der Waals surface area contributed by atoms with Crippen LogP contribution in [0.1, 0.15) is 23.3 Å². The molecular formula is C17H18N4O4. The monoisotopic (exact) mass is 342 g/mol. The van der Waals surface area contributed by atoms with E-state index in [0.29, 0.717) is 17.1 Å². The van der Waals surface area contributed by atoms with Crippen LogP contribution in [-0.2, 0) is 9.53 Å². The van der Waals surface area contributed by atoms with E-state index in [1.807, 2.05) is 12.1 Å². The predicted molar refractivity (Wildman–Crippen MR) is 91.0 cm³/mol. The van der Waals surface area contributed by atoms with Crippen LogP contribution in [0.25, 0.3) is 0 Å². The Morgan fingerprint density at radius 2 is 1.96 bits per heavy atom. The summed E-state index contributed by atoms with van der Waals surface area (Å²) in [5.74, 6) is 0.256. The average Bonchev–Trinajstić information content (AvgIpc) is 3.47. The van der Waals surface area contributed by atoms with Crippen LogP contribution in [0, 0.1) is 5.92 Å². The van der Waals surface area contributed by atoms with Crippen molar-refractivity contribution in [1.82, 2.24) is 10.2 Å². The second-order valence-electron chi connectivity index (χ2n) is 5.60. The van der Waals surface area contributed by atoms with E-state index < -0.39 is 5.97 Å². The summed E-state index contributed by atoms with van der Waals surface area (Å²) < 4.78 is 9.92. The maximum absolute atomic E-state index is 11.9. The molecule has 1 aromatic heterocycles. The number of benzene rings is 1. The summed E-state index contributed by atoms with van der Waals surface area (Å²) in [6.45, 7) is 0. The van der Waals surface area contributed by atoms with E-state index in [9.17, 15) is 9.59 Å². The number of esters is 1. The van der Waals surface area contributed by atoms with Crippen LogP contribution < -0.4 is 15.4 Å². The number of hydrogen-bond acceptors (Lipinski definition) is 7. The number of nitrogens with zero attached hydrogens (tertiary/aromatic N) is 2. The molecule has 2 N–H and O–H groups in total. The number of carbonyl (C=O) groups excluding carboxylic acids is 2. The summed E-state index contributed by atoms with van der Waals surface area (Å²) in [5, 5.41) is 13.6. The molecular weight excluding hydrogens is 324 g/mol. The molecule has 8 heteroatoms. The lowest BCUT2D eigenvalue weighted by Gasteiger charge is -2.12. The third-order valence-corrected chi connectivity index (χ3v) is 3.72. The van der Waals surface area contributed by atoms with Gasteiger partial charge in [-0.2, -0.15) is 0 Å². The summed E-state index contributed by atoms with van der Waals surface area (Å²) in [7, 11) is 2.83. The molecule has 8 nitrogen and oxygen atoms in total. The van der Waals surface area contributed by atoms with E-state index in [0.717, 1.165) is 12.8 Å². The molecule has 2 aromatic rings. The minimum Gasteiger partial charge on any atom is -0.497 e. The lowest BCUT2D eigenvalue weighted by atomic mass is 10.2. The van der Waals surface area contributed by atoms with Crippen LogP contribution in [-0.4, -0.2) is 36.3 Å². The van der Waals surface area contributed by atoms with Crippen molar-refractivity contribution in [2.24, 2.45) is 5.92 Å². The topological polar surface area (TPSA) is 102 Å². The first-order valence-corrected chi connectivity index (χ1v) is 7.78. The minimum absolute atomic E-state index is 0.0229.